The summed E-state index contributed by atoms with van der Waals surface area (Å²) in [5.74, 6) is 1.59. The highest BCUT2D eigenvalue weighted by Gasteiger charge is 2.13. The van der Waals surface area contributed by atoms with Crippen molar-refractivity contribution in [1.82, 2.24) is 15.0 Å². The summed E-state index contributed by atoms with van der Waals surface area (Å²) in [6.07, 6.45) is 3.47. The highest BCUT2D eigenvalue weighted by Crippen LogP contribution is 2.35. The van der Waals surface area contributed by atoms with Crippen molar-refractivity contribution >= 4 is 0 Å². The molecule has 2 heterocycles. The van der Waals surface area contributed by atoms with E-state index < -0.39 is 0 Å². The van der Waals surface area contributed by atoms with E-state index in [0.717, 1.165) is 28.3 Å². The number of benzene rings is 2. The Bertz CT molecular complexity index is 736. The van der Waals surface area contributed by atoms with Crippen molar-refractivity contribution in [3.63, 3.8) is 0 Å². The molecule has 0 N–H and O–H groups in total. The lowest BCUT2D eigenvalue weighted by molar-refractivity contribution is 0.174. The highest BCUT2D eigenvalue weighted by atomic mass is 16.7. The SMILES string of the molecule is c1cn(-c2ccc(-c3ccc4c(c3)OCO4)cc2)nn1. The Hall–Kier alpha value is -2.82. The predicted molar refractivity (Wildman–Crippen MR) is 72.9 cm³/mol. The van der Waals surface area contributed by atoms with E-state index in [-0.39, 0.29) is 0 Å². The lowest BCUT2D eigenvalue weighted by atomic mass is 10.0. The van der Waals surface area contributed by atoms with Gasteiger partial charge >= 0.3 is 0 Å². The monoisotopic (exact) mass is 265 g/mol. The van der Waals surface area contributed by atoms with E-state index in [9.17, 15) is 0 Å². The molecule has 0 aliphatic carbocycles. The molecule has 0 saturated carbocycles. The smallest absolute Gasteiger partial charge is 0.231 e. The van der Waals surface area contributed by atoms with Crippen LogP contribution in [0.4, 0.5) is 0 Å². The first-order valence-corrected chi connectivity index (χ1v) is 6.27. The normalized spacial score (nSPS) is 12.6. The Morgan fingerprint density at radius 1 is 0.900 bits per heavy atom. The number of fused-ring (bicyclic) bond motifs is 1. The minimum atomic E-state index is 0.296. The Morgan fingerprint density at radius 2 is 1.70 bits per heavy atom. The predicted octanol–water partition coefficient (Wildman–Crippen LogP) is 2.66. The quantitative estimate of drug-likeness (QED) is 0.714. The van der Waals surface area contributed by atoms with Crippen LogP contribution in [0.15, 0.2) is 54.9 Å². The van der Waals surface area contributed by atoms with Gasteiger partial charge in [-0.25, -0.2) is 4.68 Å². The van der Waals surface area contributed by atoms with Crippen molar-refractivity contribution < 1.29 is 9.47 Å². The maximum atomic E-state index is 5.40. The second kappa shape index (κ2) is 4.38. The van der Waals surface area contributed by atoms with Crippen molar-refractivity contribution in [1.29, 1.82) is 0 Å². The number of aromatic nitrogens is 3. The average molecular weight is 265 g/mol. The second-order valence-corrected chi connectivity index (χ2v) is 4.46. The maximum absolute atomic E-state index is 5.40. The zero-order valence-corrected chi connectivity index (χ0v) is 10.6. The van der Waals surface area contributed by atoms with Crippen LogP contribution in [0.25, 0.3) is 16.8 Å². The molecule has 5 heteroatoms. The third kappa shape index (κ3) is 1.80. The molecule has 3 aromatic rings. The van der Waals surface area contributed by atoms with Gasteiger partial charge in [0.2, 0.25) is 6.79 Å². The van der Waals surface area contributed by atoms with Crippen molar-refractivity contribution in [2.75, 3.05) is 6.79 Å². The van der Waals surface area contributed by atoms with E-state index in [1.165, 1.54) is 0 Å². The molecule has 0 spiro atoms. The molecular formula is C15H11N3O2. The van der Waals surface area contributed by atoms with Gasteiger partial charge in [-0.15, -0.1) is 5.10 Å². The molecule has 0 radical (unpaired) electrons. The standard InChI is InChI=1S/C15H11N3O2/c1-4-13(18-8-7-16-17-18)5-2-11(1)12-3-6-14-15(9-12)20-10-19-14/h1-9H,10H2. The first kappa shape index (κ1) is 11.0. The van der Waals surface area contributed by atoms with Gasteiger partial charge in [-0.3, -0.25) is 0 Å². The second-order valence-electron chi connectivity index (χ2n) is 4.46. The Balaban J connectivity index is 1.69. The summed E-state index contributed by atoms with van der Waals surface area (Å²) in [5.41, 5.74) is 3.19. The van der Waals surface area contributed by atoms with Crippen LogP contribution in [0, 0.1) is 0 Å². The molecule has 5 nitrogen and oxygen atoms in total. The summed E-state index contributed by atoms with van der Waals surface area (Å²) in [7, 11) is 0. The molecule has 4 rings (SSSR count). The molecule has 0 amide bonds. The van der Waals surface area contributed by atoms with Crippen molar-refractivity contribution in [2.24, 2.45) is 0 Å². The molecule has 1 aromatic heterocycles. The molecule has 20 heavy (non-hydrogen) atoms. The molecule has 1 aliphatic heterocycles. The van der Waals surface area contributed by atoms with E-state index in [0.29, 0.717) is 6.79 Å². The molecule has 0 bridgehead atoms. The molecular weight excluding hydrogens is 254 g/mol. The summed E-state index contributed by atoms with van der Waals surface area (Å²) in [5, 5.41) is 7.77. The van der Waals surface area contributed by atoms with Gasteiger partial charge in [0, 0.05) is 0 Å². The van der Waals surface area contributed by atoms with Gasteiger partial charge in [-0.2, -0.15) is 0 Å². The van der Waals surface area contributed by atoms with Gasteiger partial charge in [0.1, 0.15) is 0 Å². The van der Waals surface area contributed by atoms with Crippen LogP contribution in [0.2, 0.25) is 0 Å². The lowest BCUT2D eigenvalue weighted by Crippen LogP contribution is -1.94. The van der Waals surface area contributed by atoms with Crippen LogP contribution in [0.1, 0.15) is 0 Å². The molecule has 0 fully saturated rings. The van der Waals surface area contributed by atoms with Crippen LogP contribution < -0.4 is 9.47 Å². The van der Waals surface area contributed by atoms with Gasteiger partial charge in [0.15, 0.2) is 11.5 Å². The lowest BCUT2D eigenvalue weighted by Gasteiger charge is -2.05. The van der Waals surface area contributed by atoms with Gasteiger partial charge in [-0.1, -0.05) is 23.4 Å². The summed E-state index contributed by atoms with van der Waals surface area (Å²) in [6.45, 7) is 0.296. The van der Waals surface area contributed by atoms with Crippen LogP contribution in [0.3, 0.4) is 0 Å². The minimum Gasteiger partial charge on any atom is -0.454 e. The first-order chi connectivity index (χ1) is 9.90. The Morgan fingerprint density at radius 3 is 2.50 bits per heavy atom. The fourth-order valence-electron chi connectivity index (χ4n) is 2.23. The van der Waals surface area contributed by atoms with Crippen LogP contribution in [-0.2, 0) is 0 Å². The van der Waals surface area contributed by atoms with E-state index in [1.807, 2.05) is 36.5 Å². The van der Waals surface area contributed by atoms with Crippen LogP contribution in [0.5, 0.6) is 11.5 Å². The largest absolute Gasteiger partial charge is 0.454 e. The number of nitrogens with zero attached hydrogens (tertiary/aromatic N) is 3. The van der Waals surface area contributed by atoms with E-state index in [4.69, 9.17) is 9.47 Å². The van der Waals surface area contributed by atoms with Crippen LogP contribution >= 0.6 is 0 Å². The third-order valence-corrected chi connectivity index (χ3v) is 3.26. The van der Waals surface area contributed by atoms with Crippen molar-refractivity contribution in [3.8, 4) is 28.3 Å². The summed E-state index contributed by atoms with van der Waals surface area (Å²) in [4.78, 5) is 0. The third-order valence-electron chi connectivity index (χ3n) is 3.26. The van der Waals surface area contributed by atoms with Crippen molar-refractivity contribution in [2.45, 2.75) is 0 Å². The maximum Gasteiger partial charge on any atom is 0.231 e. The number of ether oxygens (including phenoxy) is 2. The Kier molecular flexibility index (Phi) is 2.42. The number of rotatable bonds is 2. The fraction of sp³-hybridized carbons (Fsp3) is 0.0667. The topological polar surface area (TPSA) is 49.2 Å². The van der Waals surface area contributed by atoms with E-state index in [1.54, 1.807) is 10.9 Å². The molecule has 1 aliphatic rings. The summed E-state index contributed by atoms with van der Waals surface area (Å²) in [6, 6.07) is 14.1. The first-order valence-electron chi connectivity index (χ1n) is 6.27. The summed E-state index contributed by atoms with van der Waals surface area (Å²) < 4.78 is 12.4. The summed E-state index contributed by atoms with van der Waals surface area (Å²) >= 11 is 0. The van der Waals surface area contributed by atoms with Crippen LogP contribution in [-0.4, -0.2) is 21.8 Å². The number of hydrogen-bond donors (Lipinski definition) is 0. The zero-order valence-electron chi connectivity index (χ0n) is 10.6. The Labute approximate surface area is 115 Å². The van der Waals surface area contributed by atoms with Gasteiger partial charge in [0.25, 0.3) is 0 Å². The van der Waals surface area contributed by atoms with Gasteiger partial charge in [0.05, 0.1) is 18.1 Å². The van der Waals surface area contributed by atoms with E-state index in [2.05, 4.69) is 22.4 Å². The van der Waals surface area contributed by atoms with E-state index >= 15 is 0 Å². The average Bonchev–Trinajstić information content (AvgIpc) is 3.18. The van der Waals surface area contributed by atoms with Gasteiger partial charge < -0.3 is 9.47 Å². The van der Waals surface area contributed by atoms with Crippen molar-refractivity contribution in [3.05, 3.63) is 54.9 Å². The fourth-order valence-corrected chi connectivity index (χ4v) is 2.23. The highest BCUT2D eigenvalue weighted by molar-refractivity contribution is 5.68. The minimum absolute atomic E-state index is 0.296. The molecule has 0 saturated heterocycles. The molecule has 98 valence electrons. The molecule has 0 atom stereocenters. The zero-order chi connectivity index (χ0) is 13.4. The number of hydrogen-bond acceptors (Lipinski definition) is 4. The van der Waals surface area contributed by atoms with Gasteiger partial charge in [-0.05, 0) is 35.4 Å². The molecule has 0 unspecified atom stereocenters. The molecule has 2 aromatic carbocycles.